The molecule has 0 spiro atoms. The summed E-state index contributed by atoms with van der Waals surface area (Å²) in [7, 11) is 0. The first-order valence-corrected chi connectivity index (χ1v) is 12.4. The van der Waals surface area contributed by atoms with Gasteiger partial charge in [0, 0.05) is 44.7 Å². The first kappa shape index (κ1) is 22.4. The van der Waals surface area contributed by atoms with Gasteiger partial charge in [0.25, 0.3) is 0 Å². The summed E-state index contributed by atoms with van der Waals surface area (Å²) in [4.78, 5) is 17.3. The van der Waals surface area contributed by atoms with E-state index in [1.165, 1.54) is 11.1 Å². The second-order valence-corrected chi connectivity index (χ2v) is 8.78. The van der Waals surface area contributed by atoms with Crippen LogP contribution in [0.1, 0.15) is 31.0 Å². The molecule has 0 N–H and O–H groups in total. The highest BCUT2D eigenvalue weighted by atomic mass is 15.3. The molecule has 0 unspecified atom stereocenters. The second-order valence-electron chi connectivity index (χ2n) is 8.78. The third-order valence-electron chi connectivity index (χ3n) is 6.83. The number of aromatic nitrogens is 2. The molecule has 1 aliphatic heterocycles. The van der Waals surface area contributed by atoms with Gasteiger partial charge in [0.1, 0.15) is 5.82 Å². The predicted molar refractivity (Wildman–Crippen MR) is 142 cm³/mol. The van der Waals surface area contributed by atoms with Crippen LogP contribution in [0.5, 0.6) is 0 Å². The number of hydrogen-bond donors (Lipinski definition) is 0. The zero-order valence-electron chi connectivity index (χ0n) is 20.1. The van der Waals surface area contributed by atoms with Crippen molar-refractivity contribution in [2.75, 3.05) is 49.1 Å². The molecule has 0 amide bonds. The van der Waals surface area contributed by atoms with E-state index in [-0.39, 0.29) is 6.04 Å². The Labute approximate surface area is 202 Å². The minimum atomic E-state index is 0.258. The van der Waals surface area contributed by atoms with E-state index in [1.54, 1.807) is 0 Å². The molecule has 1 fully saturated rings. The van der Waals surface area contributed by atoms with Gasteiger partial charge < -0.3 is 9.80 Å². The number of para-hydroxylation sites is 1. The summed E-state index contributed by atoms with van der Waals surface area (Å²) in [5.41, 5.74) is 3.70. The van der Waals surface area contributed by atoms with Gasteiger partial charge in [-0.3, -0.25) is 4.90 Å². The van der Waals surface area contributed by atoms with Crippen LogP contribution in [0.2, 0.25) is 0 Å². The van der Waals surface area contributed by atoms with E-state index < -0.39 is 0 Å². The van der Waals surface area contributed by atoms with E-state index in [0.717, 1.165) is 61.9 Å². The number of hydrogen-bond acceptors (Lipinski definition) is 5. The highest BCUT2D eigenvalue weighted by molar-refractivity contribution is 5.90. The zero-order valence-corrected chi connectivity index (χ0v) is 20.1. The van der Waals surface area contributed by atoms with Gasteiger partial charge in [0.05, 0.1) is 11.6 Å². The fourth-order valence-electron chi connectivity index (χ4n) is 5.02. The zero-order chi connectivity index (χ0) is 23.3. The number of rotatable bonds is 7. The topological polar surface area (TPSA) is 35.5 Å². The lowest BCUT2D eigenvalue weighted by Crippen LogP contribution is -2.48. The molecule has 0 saturated carbocycles. The van der Waals surface area contributed by atoms with Crippen LogP contribution < -0.4 is 9.80 Å². The van der Waals surface area contributed by atoms with Crippen LogP contribution in [0, 0.1) is 0 Å². The summed E-state index contributed by atoms with van der Waals surface area (Å²) < 4.78 is 0. The van der Waals surface area contributed by atoms with E-state index in [4.69, 9.17) is 9.97 Å². The molecule has 5 heteroatoms. The molecule has 34 heavy (non-hydrogen) atoms. The quantitative estimate of drug-likeness (QED) is 0.377. The largest absolute Gasteiger partial charge is 0.356 e. The lowest BCUT2D eigenvalue weighted by Gasteiger charge is -2.40. The first-order valence-electron chi connectivity index (χ1n) is 12.4. The molecule has 0 bridgehead atoms. The molecule has 1 saturated heterocycles. The van der Waals surface area contributed by atoms with Crippen molar-refractivity contribution in [3.8, 4) is 0 Å². The highest BCUT2D eigenvalue weighted by Gasteiger charge is 2.28. The summed E-state index contributed by atoms with van der Waals surface area (Å²) in [6.07, 6.45) is 0. The maximum Gasteiger partial charge on any atom is 0.227 e. The van der Waals surface area contributed by atoms with Gasteiger partial charge in [0.2, 0.25) is 5.95 Å². The second kappa shape index (κ2) is 10.2. The molecule has 3 aromatic carbocycles. The van der Waals surface area contributed by atoms with E-state index >= 15 is 0 Å². The van der Waals surface area contributed by atoms with Crippen LogP contribution in [-0.4, -0.2) is 54.1 Å². The van der Waals surface area contributed by atoms with E-state index in [9.17, 15) is 0 Å². The third-order valence-corrected chi connectivity index (χ3v) is 6.83. The fourth-order valence-corrected chi connectivity index (χ4v) is 5.02. The molecule has 2 heterocycles. The van der Waals surface area contributed by atoms with Gasteiger partial charge >= 0.3 is 0 Å². The Morgan fingerprint density at radius 3 is 1.85 bits per heavy atom. The Kier molecular flexibility index (Phi) is 6.72. The number of nitrogens with zero attached hydrogens (tertiary/aromatic N) is 5. The molecular formula is C29H33N5. The molecule has 1 aromatic heterocycles. The van der Waals surface area contributed by atoms with E-state index in [1.807, 2.05) is 0 Å². The summed E-state index contributed by atoms with van der Waals surface area (Å²) >= 11 is 0. The highest BCUT2D eigenvalue weighted by Crippen LogP contribution is 2.31. The van der Waals surface area contributed by atoms with E-state index in [2.05, 4.69) is 113 Å². The average Bonchev–Trinajstić information content (AvgIpc) is 2.91. The van der Waals surface area contributed by atoms with Gasteiger partial charge in [0.15, 0.2) is 0 Å². The maximum atomic E-state index is 5.08. The first-order chi connectivity index (χ1) is 16.8. The van der Waals surface area contributed by atoms with Crippen molar-refractivity contribution in [1.29, 1.82) is 0 Å². The summed E-state index contributed by atoms with van der Waals surface area (Å²) in [5.74, 6) is 1.88. The molecular weight excluding hydrogens is 418 g/mol. The fraction of sp³-hybridized carbons (Fsp3) is 0.310. The van der Waals surface area contributed by atoms with Crippen LogP contribution in [0.15, 0.2) is 84.9 Å². The Morgan fingerprint density at radius 1 is 0.706 bits per heavy atom. The van der Waals surface area contributed by atoms with Crippen LogP contribution in [-0.2, 0) is 0 Å². The van der Waals surface area contributed by atoms with Crippen molar-refractivity contribution in [2.24, 2.45) is 0 Å². The number of benzene rings is 3. The smallest absolute Gasteiger partial charge is 0.227 e. The molecule has 4 aromatic rings. The Bertz CT molecular complexity index is 1160. The summed E-state index contributed by atoms with van der Waals surface area (Å²) in [5, 5.41) is 1.13. The number of anilines is 2. The van der Waals surface area contributed by atoms with Crippen LogP contribution >= 0.6 is 0 Å². The SMILES string of the molecule is CCN(CC)c1nc(N2CCN(C(c3ccccc3)c3ccccc3)CC2)nc2ccccc12. The lowest BCUT2D eigenvalue weighted by molar-refractivity contribution is 0.211. The van der Waals surface area contributed by atoms with Gasteiger partial charge in [-0.25, -0.2) is 4.98 Å². The molecule has 0 atom stereocenters. The Balaban J connectivity index is 1.41. The average molecular weight is 452 g/mol. The Morgan fingerprint density at radius 2 is 1.26 bits per heavy atom. The number of piperazine rings is 1. The van der Waals surface area contributed by atoms with Crippen LogP contribution in [0.25, 0.3) is 10.9 Å². The lowest BCUT2D eigenvalue weighted by atomic mass is 9.96. The van der Waals surface area contributed by atoms with Crippen molar-refractivity contribution >= 4 is 22.7 Å². The van der Waals surface area contributed by atoms with Crippen molar-refractivity contribution in [2.45, 2.75) is 19.9 Å². The molecule has 5 rings (SSSR count). The molecule has 174 valence electrons. The predicted octanol–water partition coefficient (Wildman–Crippen LogP) is 5.39. The minimum absolute atomic E-state index is 0.258. The molecule has 0 radical (unpaired) electrons. The molecule has 1 aliphatic rings. The van der Waals surface area contributed by atoms with Crippen molar-refractivity contribution in [3.05, 3.63) is 96.1 Å². The molecule has 0 aliphatic carbocycles. The summed E-state index contributed by atoms with van der Waals surface area (Å²) in [6, 6.07) is 30.3. The van der Waals surface area contributed by atoms with E-state index in [0.29, 0.717) is 0 Å². The van der Waals surface area contributed by atoms with Gasteiger partial charge in [-0.1, -0.05) is 72.8 Å². The Hall–Kier alpha value is -3.44. The van der Waals surface area contributed by atoms with Crippen LogP contribution in [0.4, 0.5) is 11.8 Å². The maximum absolute atomic E-state index is 5.08. The minimum Gasteiger partial charge on any atom is -0.356 e. The standard InChI is InChI=1S/C29H33N5/c1-3-32(4-2)28-25-17-11-12-18-26(25)30-29(31-28)34-21-19-33(20-22-34)27(23-13-7-5-8-14-23)24-15-9-6-10-16-24/h5-18,27H,3-4,19-22H2,1-2H3. The summed E-state index contributed by atoms with van der Waals surface area (Å²) in [6.45, 7) is 9.98. The van der Waals surface area contributed by atoms with Crippen molar-refractivity contribution in [3.63, 3.8) is 0 Å². The monoisotopic (exact) mass is 451 g/mol. The van der Waals surface area contributed by atoms with Gasteiger partial charge in [-0.05, 0) is 37.1 Å². The third kappa shape index (κ3) is 4.48. The van der Waals surface area contributed by atoms with Crippen LogP contribution in [0.3, 0.4) is 0 Å². The number of fused-ring (bicyclic) bond motifs is 1. The van der Waals surface area contributed by atoms with Crippen molar-refractivity contribution < 1.29 is 0 Å². The normalized spacial score (nSPS) is 14.6. The van der Waals surface area contributed by atoms with Gasteiger partial charge in [-0.15, -0.1) is 0 Å². The van der Waals surface area contributed by atoms with Crippen molar-refractivity contribution in [1.82, 2.24) is 14.9 Å². The molecule has 5 nitrogen and oxygen atoms in total. The van der Waals surface area contributed by atoms with Gasteiger partial charge in [-0.2, -0.15) is 4.98 Å².